The molecular formula is C12H23NO2. The fraction of sp³-hybridized carbons (Fsp3) is 0.917. The highest BCUT2D eigenvalue weighted by atomic mass is 16.5. The summed E-state index contributed by atoms with van der Waals surface area (Å²) in [5, 5.41) is 0. The van der Waals surface area contributed by atoms with Crippen LogP contribution in [0.3, 0.4) is 0 Å². The second-order valence-corrected chi connectivity index (χ2v) is 5.77. The van der Waals surface area contributed by atoms with Gasteiger partial charge in [0.05, 0.1) is 13.5 Å². The summed E-state index contributed by atoms with van der Waals surface area (Å²) in [5.41, 5.74) is 6.13. The molecule has 0 saturated heterocycles. The zero-order valence-corrected chi connectivity index (χ0v) is 10.3. The van der Waals surface area contributed by atoms with Crippen molar-refractivity contribution >= 4 is 5.97 Å². The van der Waals surface area contributed by atoms with E-state index in [1.807, 2.05) is 0 Å². The van der Waals surface area contributed by atoms with Crippen LogP contribution in [0.5, 0.6) is 0 Å². The minimum Gasteiger partial charge on any atom is -0.469 e. The van der Waals surface area contributed by atoms with Crippen LogP contribution in [0.15, 0.2) is 0 Å². The van der Waals surface area contributed by atoms with E-state index in [4.69, 9.17) is 10.5 Å². The largest absolute Gasteiger partial charge is 0.469 e. The minimum absolute atomic E-state index is 0.0450. The zero-order valence-electron chi connectivity index (χ0n) is 10.3. The van der Waals surface area contributed by atoms with Gasteiger partial charge in [0.25, 0.3) is 0 Å². The fourth-order valence-corrected chi connectivity index (χ4v) is 3.19. The van der Waals surface area contributed by atoms with Gasteiger partial charge in [-0.2, -0.15) is 0 Å². The number of carbonyl (C=O) groups is 1. The van der Waals surface area contributed by atoms with E-state index in [2.05, 4.69) is 20.8 Å². The molecule has 3 nitrogen and oxygen atoms in total. The monoisotopic (exact) mass is 213 g/mol. The highest BCUT2D eigenvalue weighted by molar-refractivity contribution is 5.70. The molecular weight excluding hydrogens is 190 g/mol. The van der Waals surface area contributed by atoms with Gasteiger partial charge in [-0.3, -0.25) is 4.79 Å². The highest BCUT2D eigenvalue weighted by Crippen LogP contribution is 2.54. The van der Waals surface area contributed by atoms with E-state index in [0.717, 1.165) is 12.8 Å². The van der Waals surface area contributed by atoms with E-state index in [9.17, 15) is 4.79 Å². The molecule has 0 radical (unpaired) electrons. The summed E-state index contributed by atoms with van der Waals surface area (Å²) in [7, 11) is 1.44. The zero-order chi connectivity index (χ0) is 11.7. The first kappa shape index (κ1) is 12.5. The number of carbonyl (C=O) groups excluding carboxylic acids is 1. The van der Waals surface area contributed by atoms with Gasteiger partial charge in [-0.1, -0.05) is 20.8 Å². The van der Waals surface area contributed by atoms with Gasteiger partial charge in [-0.05, 0) is 36.1 Å². The van der Waals surface area contributed by atoms with Crippen LogP contribution in [0.1, 0.15) is 40.0 Å². The van der Waals surface area contributed by atoms with Gasteiger partial charge in [-0.15, -0.1) is 0 Å². The quantitative estimate of drug-likeness (QED) is 0.729. The molecule has 0 spiro atoms. The molecule has 1 rings (SSSR count). The summed E-state index contributed by atoms with van der Waals surface area (Å²) in [6.07, 6.45) is 2.62. The summed E-state index contributed by atoms with van der Waals surface area (Å²) in [6.45, 7) is 7.27. The summed E-state index contributed by atoms with van der Waals surface area (Å²) in [6, 6.07) is 0. The second kappa shape index (κ2) is 4.12. The number of methoxy groups -OCH3 is 1. The van der Waals surface area contributed by atoms with Crippen molar-refractivity contribution in [3.05, 3.63) is 0 Å². The van der Waals surface area contributed by atoms with E-state index >= 15 is 0 Å². The Bertz CT molecular complexity index is 250. The fourth-order valence-electron chi connectivity index (χ4n) is 3.19. The van der Waals surface area contributed by atoms with Crippen LogP contribution in [-0.2, 0) is 9.53 Å². The lowest BCUT2D eigenvalue weighted by Gasteiger charge is -2.31. The molecule has 0 bridgehead atoms. The molecule has 1 fully saturated rings. The summed E-state index contributed by atoms with van der Waals surface area (Å²) >= 11 is 0. The molecule has 2 atom stereocenters. The molecule has 1 aliphatic rings. The van der Waals surface area contributed by atoms with Gasteiger partial charge in [0, 0.05) is 0 Å². The van der Waals surface area contributed by atoms with E-state index < -0.39 is 0 Å². The third kappa shape index (κ3) is 2.51. The third-order valence-corrected chi connectivity index (χ3v) is 3.87. The Labute approximate surface area is 92.4 Å². The van der Waals surface area contributed by atoms with Crippen molar-refractivity contribution in [1.29, 1.82) is 0 Å². The number of rotatable bonds is 3. The molecule has 0 aromatic heterocycles. The molecule has 2 unspecified atom stereocenters. The molecule has 1 aliphatic carbocycles. The lowest BCUT2D eigenvalue weighted by Crippen LogP contribution is -2.36. The van der Waals surface area contributed by atoms with Gasteiger partial charge in [0.15, 0.2) is 0 Å². The van der Waals surface area contributed by atoms with Crippen molar-refractivity contribution < 1.29 is 9.53 Å². The Morgan fingerprint density at radius 3 is 2.47 bits per heavy atom. The van der Waals surface area contributed by atoms with Crippen LogP contribution in [-0.4, -0.2) is 19.6 Å². The summed E-state index contributed by atoms with van der Waals surface area (Å²) in [5.74, 6) is 0.363. The van der Waals surface area contributed by atoms with E-state index in [1.165, 1.54) is 7.11 Å². The Kier molecular flexibility index (Phi) is 3.44. The molecule has 88 valence electrons. The number of hydrogen-bond donors (Lipinski definition) is 1. The Morgan fingerprint density at radius 2 is 2.13 bits per heavy atom. The summed E-state index contributed by atoms with van der Waals surface area (Å²) in [4.78, 5) is 11.4. The maximum absolute atomic E-state index is 11.4. The predicted molar refractivity (Wildman–Crippen MR) is 60.3 cm³/mol. The average Bonchev–Trinajstić information content (AvgIpc) is 2.36. The Morgan fingerprint density at radius 1 is 1.53 bits per heavy atom. The van der Waals surface area contributed by atoms with Crippen LogP contribution in [0, 0.1) is 16.7 Å². The Hall–Kier alpha value is -0.570. The summed E-state index contributed by atoms with van der Waals surface area (Å²) < 4.78 is 4.76. The second-order valence-electron chi connectivity index (χ2n) is 5.77. The van der Waals surface area contributed by atoms with E-state index in [-0.39, 0.29) is 11.4 Å². The van der Waals surface area contributed by atoms with Gasteiger partial charge in [0.1, 0.15) is 0 Å². The van der Waals surface area contributed by atoms with Crippen LogP contribution in [0.25, 0.3) is 0 Å². The first-order valence-electron chi connectivity index (χ1n) is 5.62. The molecule has 0 aliphatic heterocycles. The van der Waals surface area contributed by atoms with Crippen LogP contribution >= 0.6 is 0 Å². The maximum atomic E-state index is 11.4. The number of hydrogen-bond acceptors (Lipinski definition) is 3. The predicted octanol–water partition coefficient (Wildman–Crippen LogP) is 1.95. The van der Waals surface area contributed by atoms with Gasteiger partial charge < -0.3 is 10.5 Å². The minimum atomic E-state index is -0.134. The van der Waals surface area contributed by atoms with Crippen molar-refractivity contribution in [2.24, 2.45) is 22.5 Å². The van der Waals surface area contributed by atoms with Gasteiger partial charge in [-0.25, -0.2) is 0 Å². The average molecular weight is 213 g/mol. The van der Waals surface area contributed by atoms with Crippen molar-refractivity contribution in [3.8, 4) is 0 Å². The highest BCUT2D eigenvalue weighted by Gasteiger charge is 2.48. The topological polar surface area (TPSA) is 52.3 Å². The number of ether oxygens (including phenoxy) is 1. The number of nitrogens with two attached hydrogens (primary N) is 1. The molecule has 15 heavy (non-hydrogen) atoms. The smallest absolute Gasteiger partial charge is 0.306 e. The van der Waals surface area contributed by atoms with Crippen LogP contribution in [0.4, 0.5) is 0 Å². The molecule has 0 aromatic carbocycles. The van der Waals surface area contributed by atoms with Crippen LogP contribution < -0.4 is 5.73 Å². The van der Waals surface area contributed by atoms with Crippen molar-refractivity contribution in [3.63, 3.8) is 0 Å². The SMILES string of the molecule is COC(=O)CC1(CN)CC(C)(C)CC1C. The van der Waals surface area contributed by atoms with E-state index in [0.29, 0.717) is 24.3 Å². The lowest BCUT2D eigenvalue weighted by atomic mass is 9.75. The van der Waals surface area contributed by atoms with Gasteiger partial charge >= 0.3 is 5.97 Å². The van der Waals surface area contributed by atoms with Gasteiger partial charge in [0.2, 0.25) is 0 Å². The standard InChI is InChI=1S/C12H23NO2/c1-9-5-11(2,3)7-12(9,8-13)6-10(14)15-4/h9H,5-8,13H2,1-4H3. The maximum Gasteiger partial charge on any atom is 0.306 e. The normalized spacial score (nSPS) is 34.1. The molecule has 0 amide bonds. The lowest BCUT2D eigenvalue weighted by molar-refractivity contribution is -0.143. The van der Waals surface area contributed by atoms with Crippen molar-refractivity contribution in [1.82, 2.24) is 0 Å². The molecule has 3 heteroatoms. The Balaban J connectivity index is 2.81. The van der Waals surface area contributed by atoms with Crippen molar-refractivity contribution in [2.45, 2.75) is 40.0 Å². The van der Waals surface area contributed by atoms with E-state index in [1.54, 1.807) is 0 Å². The van der Waals surface area contributed by atoms with Crippen LogP contribution in [0.2, 0.25) is 0 Å². The third-order valence-electron chi connectivity index (χ3n) is 3.87. The van der Waals surface area contributed by atoms with Crippen molar-refractivity contribution in [2.75, 3.05) is 13.7 Å². The first-order chi connectivity index (χ1) is 6.85. The number of esters is 1. The first-order valence-corrected chi connectivity index (χ1v) is 5.62. The molecule has 0 aromatic rings. The molecule has 0 heterocycles. The molecule has 1 saturated carbocycles. The molecule has 2 N–H and O–H groups in total.